The van der Waals surface area contributed by atoms with Gasteiger partial charge in [0.15, 0.2) is 11.6 Å². The topological polar surface area (TPSA) is 73.9 Å². The molecule has 0 spiro atoms. The van der Waals surface area contributed by atoms with Crippen molar-refractivity contribution in [1.82, 2.24) is 15.0 Å². The molecule has 0 aliphatic rings. The van der Waals surface area contributed by atoms with Crippen molar-refractivity contribution in [3.63, 3.8) is 0 Å². The van der Waals surface area contributed by atoms with Crippen LogP contribution in [0.3, 0.4) is 0 Å². The normalized spacial score (nSPS) is 10.4. The van der Waals surface area contributed by atoms with E-state index in [0.717, 1.165) is 15.5 Å². The Bertz CT molecular complexity index is 780. The molecule has 0 amide bonds. The summed E-state index contributed by atoms with van der Waals surface area (Å²) in [6, 6.07) is 9.49. The summed E-state index contributed by atoms with van der Waals surface area (Å²) in [5.41, 5.74) is 6.88. The smallest absolute Gasteiger partial charge is 0.170 e. The van der Waals surface area contributed by atoms with Crippen molar-refractivity contribution in [2.75, 3.05) is 5.73 Å². The Kier molecular flexibility index (Phi) is 4.20. The molecular weight excluding hydrogens is 296 g/mol. The minimum atomic E-state index is 0.341. The van der Waals surface area contributed by atoms with E-state index >= 15 is 0 Å². The van der Waals surface area contributed by atoms with E-state index in [0.29, 0.717) is 17.3 Å². The van der Waals surface area contributed by atoms with Gasteiger partial charge in [-0.05, 0) is 30.7 Å². The van der Waals surface area contributed by atoms with E-state index in [1.807, 2.05) is 37.3 Å². The van der Waals surface area contributed by atoms with Crippen LogP contribution in [0.2, 0.25) is 0 Å². The fourth-order valence-electron chi connectivity index (χ4n) is 1.78. The molecule has 0 atom stereocenters. The lowest BCUT2D eigenvalue weighted by atomic mass is 10.3. The third-order valence-corrected chi connectivity index (χ3v) is 3.84. The van der Waals surface area contributed by atoms with Gasteiger partial charge in [-0.1, -0.05) is 17.8 Å². The highest BCUT2D eigenvalue weighted by atomic mass is 32.2. The van der Waals surface area contributed by atoms with Gasteiger partial charge in [-0.3, -0.25) is 4.98 Å². The largest absolute Gasteiger partial charge is 0.452 e. The predicted octanol–water partition coefficient (Wildman–Crippen LogP) is 3.71. The lowest BCUT2D eigenvalue weighted by molar-refractivity contribution is 0.475. The Labute approximate surface area is 132 Å². The van der Waals surface area contributed by atoms with Crippen LogP contribution < -0.4 is 10.5 Å². The zero-order valence-corrected chi connectivity index (χ0v) is 12.7. The second-order valence-electron chi connectivity index (χ2n) is 4.57. The van der Waals surface area contributed by atoms with Crippen molar-refractivity contribution in [1.29, 1.82) is 0 Å². The minimum absolute atomic E-state index is 0.341. The average Bonchev–Trinajstić information content (AvgIpc) is 2.54. The summed E-state index contributed by atoms with van der Waals surface area (Å²) in [6.07, 6.45) is 6.84. The van der Waals surface area contributed by atoms with Crippen LogP contribution in [-0.2, 0) is 0 Å². The molecule has 0 unspecified atom stereocenters. The first kappa shape index (κ1) is 14.3. The van der Waals surface area contributed by atoms with Crippen molar-refractivity contribution in [3.8, 4) is 11.5 Å². The number of nitrogens with two attached hydrogens (primary N) is 1. The molecule has 22 heavy (non-hydrogen) atoms. The SMILES string of the molecule is Cc1ccncc1Oc1cc(Sc2ccccn2)cnc1N. The Morgan fingerprint density at radius 2 is 1.95 bits per heavy atom. The Morgan fingerprint density at radius 1 is 1.05 bits per heavy atom. The van der Waals surface area contributed by atoms with E-state index in [9.17, 15) is 0 Å². The molecule has 0 fully saturated rings. The standard InChI is InChI=1S/C16H14N4OS/c1-11-5-7-18-10-14(11)21-13-8-12(9-20-16(13)17)22-15-4-2-3-6-19-15/h2-10H,1H3,(H2,17,20). The van der Waals surface area contributed by atoms with Gasteiger partial charge in [-0.25, -0.2) is 9.97 Å². The van der Waals surface area contributed by atoms with Crippen molar-refractivity contribution < 1.29 is 4.74 Å². The first-order valence-electron chi connectivity index (χ1n) is 6.65. The number of pyridine rings is 3. The fraction of sp³-hybridized carbons (Fsp3) is 0.0625. The molecule has 0 saturated carbocycles. The van der Waals surface area contributed by atoms with Gasteiger partial charge in [-0.2, -0.15) is 0 Å². The van der Waals surface area contributed by atoms with Gasteiger partial charge in [0.25, 0.3) is 0 Å². The molecule has 3 heterocycles. The van der Waals surface area contributed by atoms with E-state index in [2.05, 4.69) is 15.0 Å². The second-order valence-corrected chi connectivity index (χ2v) is 5.66. The van der Waals surface area contributed by atoms with Gasteiger partial charge in [0.2, 0.25) is 0 Å². The molecule has 110 valence electrons. The third kappa shape index (κ3) is 3.35. The number of ether oxygens (including phenoxy) is 1. The molecule has 5 nitrogen and oxygen atoms in total. The summed E-state index contributed by atoms with van der Waals surface area (Å²) in [4.78, 5) is 13.4. The van der Waals surface area contributed by atoms with Gasteiger partial charge >= 0.3 is 0 Å². The van der Waals surface area contributed by atoms with Crippen LogP contribution in [0.4, 0.5) is 5.82 Å². The van der Waals surface area contributed by atoms with Gasteiger partial charge in [0.05, 0.1) is 6.20 Å². The second kappa shape index (κ2) is 6.44. The number of anilines is 1. The molecule has 0 saturated heterocycles. The summed E-state index contributed by atoms with van der Waals surface area (Å²) in [5.74, 6) is 1.52. The number of nitrogen functional groups attached to an aromatic ring is 1. The number of aryl methyl sites for hydroxylation is 1. The van der Waals surface area contributed by atoms with Crippen LogP contribution in [0.1, 0.15) is 5.56 Å². The minimum Gasteiger partial charge on any atom is -0.452 e. The maximum Gasteiger partial charge on any atom is 0.170 e. The zero-order chi connectivity index (χ0) is 15.4. The van der Waals surface area contributed by atoms with Crippen molar-refractivity contribution in [2.24, 2.45) is 0 Å². The van der Waals surface area contributed by atoms with Gasteiger partial charge < -0.3 is 10.5 Å². The van der Waals surface area contributed by atoms with Crippen molar-refractivity contribution in [2.45, 2.75) is 16.8 Å². The van der Waals surface area contributed by atoms with Crippen molar-refractivity contribution in [3.05, 3.63) is 60.7 Å². The summed E-state index contributed by atoms with van der Waals surface area (Å²) in [7, 11) is 0. The number of hydrogen-bond donors (Lipinski definition) is 1. The van der Waals surface area contributed by atoms with Crippen LogP contribution in [0.25, 0.3) is 0 Å². The highest BCUT2D eigenvalue weighted by Crippen LogP contribution is 2.33. The fourth-order valence-corrected chi connectivity index (χ4v) is 2.55. The Balaban J connectivity index is 1.86. The molecule has 2 N–H and O–H groups in total. The van der Waals surface area contributed by atoms with E-state index in [1.54, 1.807) is 24.8 Å². The Morgan fingerprint density at radius 3 is 2.73 bits per heavy atom. The van der Waals surface area contributed by atoms with Gasteiger partial charge in [0, 0.05) is 29.6 Å². The molecule has 3 rings (SSSR count). The van der Waals surface area contributed by atoms with Crippen LogP contribution in [0, 0.1) is 6.92 Å². The van der Waals surface area contributed by atoms with Crippen LogP contribution in [0.5, 0.6) is 11.5 Å². The van der Waals surface area contributed by atoms with Crippen LogP contribution >= 0.6 is 11.8 Å². The third-order valence-electron chi connectivity index (χ3n) is 2.93. The molecule has 0 radical (unpaired) electrons. The maximum absolute atomic E-state index is 5.90. The molecule has 0 bridgehead atoms. The van der Waals surface area contributed by atoms with E-state index in [-0.39, 0.29) is 0 Å². The van der Waals surface area contributed by atoms with Crippen LogP contribution in [0.15, 0.2) is 65.0 Å². The predicted molar refractivity (Wildman–Crippen MR) is 86.1 cm³/mol. The molecular formula is C16H14N4OS. The van der Waals surface area contributed by atoms with Crippen LogP contribution in [-0.4, -0.2) is 15.0 Å². The number of rotatable bonds is 4. The highest BCUT2D eigenvalue weighted by Gasteiger charge is 2.09. The molecule has 0 aromatic carbocycles. The average molecular weight is 310 g/mol. The quantitative estimate of drug-likeness (QED) is 0.792. The summed E-state index contributed by atoms with van der Waals surface area (Å²) < 4.78 is 5.83. The summed E-state index contributed by atoms with van der Waals surface area (Å²) >= 11 is 1.50. The van der Waals surface area contributed by atoms with Gasteiger partial charge in [0.1, 0.15) is 10.8 Å². The van der Waals surface area contributed by atoms with E-state index in [4.69, 9.17) is 10.5 Å². The lowest BCUT2D eigenvalue weighted by Crippen LogP contribution is -1.97. The highest BCUT2D eigenvalue weighted by molar-refractivity contribution is 7.99. The zero-order valence-electron chi connectivity index (χ0n) is 11.9. The molecule has 3 aromatic heterocycles. The first-order chi connectivity index (χ1) is 10.7. The molecule has 0 aliphatic heterocycles. The summed E-state index contributed by atoms with van der Waals surface area (Å²) in [6.45, 7) is 1.95. The molecule has 0 aliphatic carbocycles. The molecule has 6 heteroatoms. The van der Waals surface area contributed by atoms with E-state index < -0.39 is 0 Å². The van der Waals surface area contributed by atoms with Gasteiger partial charge in [-0.15, -0.1) is 0 Å². The molecule has 3 aromatic rings. The van der Waals surface area contributed by atoms with Crippen molar-refractivity contribution >= 4 is 17.6 Å². The number of nitrogens with zero attached hydrogens (tertiary/aromatic N) is 3. The number of aromatic nitrogens is 3. The summed E-state index contributed by atoms with van der Waals surface area (Å²) in [5, 5.41) is 0.887. The number of hydrogen-bond acceptors (Lipinski definition) is 6. The monoisotopic (exact) mass is 310 g/mol. The lowest BCUT2D eigenvalue weighted by Gasteiger charge is -2.10. The van der Waals surface area contributed by atoms with E-state index in [1.165, 1.54) is 11.8 Å². The maximum atomic E-state index is 5.90. The Hall–Kier alpha value is -2.60. The first-order valence-corrected chi connectivity index (χ1v) is 7.47.